The molecule has 0 spiro atoms. The molecule has 0 saturated heterocycles. The van der Waals surface area contributed by atoms with E-state index in [0.717, 1.165) is 96.3 Å². The number of carbonyl (C=O) groups is 4. The van der Waals surface area contributed by atoms with Crippen molar-refractivity contribution < 1.29 is 80.2 Å². The Kier molecular flexibility index (Phi) is 42.8. The normalized spacial score (nSPS) is 14.7. The van der Waals surface area contributed by atoms with E-state index in [9.17, 15) is 43.2 Å². The lowest BCUT2D eigenvalue weighted by Crippen LogP contribution is -2.30. The third-order valence-electron chi connectivity index (χ3n) is 10.9. The fourth-order valence-electron chi connectivity index (χ4n) is 6.80. The summed E-state index contributed by atoms with van der Waals surface area (Å²) in [6.45, 7) is 4.46. The molecule has 0 aromatic heterocycles. The van der Waals surface area contributed by atoms with Crippen LogP contribution in [0.2, 0.25) is 0 Å². The second kappa shape index (κ2) is 44.0. The van der Waals surface area contributed by atoms with Crippen molar-refractivity contribution in [1.82, 2.24) is 0 Å². The highest BCUT2D eigenvalue weighted by molar-refractivity contribution is 7.47. The van der Waals surface area contributed by atoms with Gasteiger partial charge in [-0.05, 0) is 25.7 Å². The maximum absolute atomic E-state index is 12.8. The van der Waals surface area contributed by atoms with E-state index >= 15 is 0 Å². The number of esters is 4. The van der Waals surface area contributed by atoms with Crippen molar-refractivity contribution in [2.75, 3.05) is 39.6 Å². The summed E-state index contributed by atoms with van der Waals surface area (Å²) in [5, 5.41) is 10.4. The number of aliphatic hydroxyl groups excluding tert-OH is 1. The maximum Gasteiger partial charge on any atom is 0.472 e. The predicted octanol–water partition coefficient (Wildman–Crippen LogP) is 11.7. The molecule has 17 nitrogen and oxygen atoms in total. The van der Waals surface area contributed by atoms with Crippen LogP contribution in [-0.2, 0) is 65.4 Å². The van der Waals surface area contributed by atoms with Crippen LogP contribution in [0, 0.1) is 0 Å². The summed E-state index contributed by atoms with van der Waals surface area (Å²) < 4.78 is 66.6. The van der Waals surface area contributed by atoms with E-state index < -0.39 is 97.5 Å². The van der Waals surface area contributed by atoms with Crippen LogP contribution >= 0.6 is 15.6 Å². The molecule has 0 bridgehead atoms. The number of carbonyl (C=O) groups excluding carboxylic acids is 4. The van der Waals surface area contributed by atoms with Crippen LogP contribution < -0.4 is 0 Å². The number of phosphoric acid groups is 2. The van der Waals surface area contributed by atoms with E-state index in [1.54, 1.807) is 0 Å². The van der Waals surface area contributed by atoms with Crippen LogP contribution in [0.4, 0.5) is 0 Å². The summed E-state index contributed by atoms with van der Waals surface area (Å²) in [6.07, 6.45) is 23.8. The average molecular weight is 1000 g/mol. The Bertz CT molecular complexity index is 1340. The number of aliphatic hydroxyl groups is 1. The molecular formula is C48H92O17P2. The molecule has 0 aliphatic rings. The van der Waals surface area contributed by atoms with Gasteiger partial charge in [0, 0.05) is 25.7 Å². The van der Waals surface area contributed by atoms with Gasteiger partial charge in [0.1, 0.15) is 19.3 Å². The van der Waals surface area contributed by atoms with Gasteiger partial charge in [-0.3, -0.25) is 37.3 Å². The first-order valence-electron chi connectivity index (χ1n) is 25.8. The van der Waals surface area contributed by atoms with Gasteiger partial charge in [0.05, 0.1) is 26.4 Å². The van der Waals surface area contributed by atoms with E-state index in [-0.39, 0.29) is 25.7 Å². The first-order chi connectivity index (χ1) is 32.2. The summed E-state index contributed by atoms with van der Waals surface area (Å²) in [5.41, 5.74) is 0. The maximum atomic E-state index is 12.8. The Balaban J connectivity index is 5.05. The predicted molar refractivity (Wildman–Crippen MR) is 257 cm³/mol. The fraction of sp³-hybridized carbons (Fsp3) is 0.917. The molecule has 3 N–H and O–H groups in total. The average Bonchev–Trinajstić information content (AvgIpc) is 3.29. The van der Waals surface area contributed by atoms with Crippen molar-refractivity contribution in [2.24, 2.45) is 0 Å². The van der Waals surface area contributed by atoms with E-state index in [2.05, 4.69) is 20.8 Å². The SMILES string of the molecule is CCCCCCCCCCCCCCCC(=O)O[C@H](COC(=O)CCCCCCC)COP(=O)(O)OC[C@@H](O)COP(=O)(O)OC[C@@H](COC(=O)CCCCCCC)OC(=O)CCCCCC. The van der Waals surface area contributed by atoms with Crippen LogP contribution in [-0.4, -0.2) is 96.7 Å². The monoisotopic (exact) mass is 1000 g/mol. The highest BCUT2D eigenvalue weighted by Gasteiger charge is 2.30. The van der Waals surface area contributed by atoms with Crippen LogP contribution in [0.25, 0.3) is 0 Å². The van der Waals surface area contributed by atoms with Crippen molar-refractivity contribution in [3.63, 3.8) is 0 Å². The van der Waals surface area contributed by atoms with Gasteiger partial charge in [-0.25, -0.2) is 9.13 Å². The van der Waals surface area contributed by atoms with E-state index in [4.69, 9.17) is 37.0 Å². The summed E-state index contributed by atoms with van der Waals surface area (Å²) in [7, 11) is -9.82. The van der Waals surface area contributed by atoms with Gasteiger partial charge in [-0.1, -0.05) is 175 Å². The lowest BCUT2D eigenvalue weighted by atomic mass is 10.0. The molecule has 19 heteroatoms. The Labute approximate surface area is 403 Å². The Morgan fingerprint density at radius 2 is 0.597 bits per heavy atom. The molecule has 0 aromatic rings. The molecule has 5 atom stereocenters. The largest absolute Gasteiger partial charge is 0.472 e. The van der Waals surface area contributed by atoms with Crippen molar-refractivity contribution in [3.8, 4) is 0 Å². The highest BCUT2D eigenvalue weighted by atomic mass is 31.2. The van der Waals surface area contributed by atoms with Crippen molar-refractivity contribution in [3.05, 3.63) is 0 Å². The molecule has 0 rings (SSSR count). The molecule has 0 aromatic carbocycles. The topological polar surface area (TPSA) is 237 Å². The number of ether oxygens (including phenoxy) is 4. The third kappa shape index (κ3) is 43.8. The number of hydrogen-bond acceptors (Lipinski definition) is 15. The van der Waals surface area contributed by atoms with E-state index in [0.29, 0.717) is 25.7 Å². The zero-order chi connectivity index (χ0) is 49.9. The quantitative estimate of drug-likeness (QED) is 0.0222. The summed E-state index contributed by atoms with van der Waals surface area (Å²) in [5.74, 6) is -2.20. The lowest BCUT2D eigenvalue weighted by Gasteiger charge is -2.21. The fourth-order valence-corrected chi connectivity index (χ4v) is 8.38. The Morgan fingerprint density at radius 3 is 0.896 bits per heavy atom. The molecule has 0 aliphatic carbocycles. The second-order valence-electron chi connectivity index (χ2n) is 17.5. The van der Waals surface area contributed by atoms with Gasteiger partial charge in [-0.2, -0.15) is 0 Å². The molecule has 396 valence electrons. The third-order valence-corrected chi connectivity index (χ3v) is 12.8. The van der Waals surface area contributed by atoms with Gasteiger partial charge < -0.3 is 33.8 Å². The number of hydrogen-bond donors (Lipinski definition) is 3. The van der Waals surface area contributed by atoms with E-state index in [1.165, 1.54) is 51.4 Å². The van der Waals surface area contributed by atoms with Crippen LogP contribution in [0.5, 0.6) is 0 Å². The highest BCUT2D eigenvalue weighted by Crippen LogP contribution is 2.45. The zero-order valence-corrected chi connectivity index (χ0v) is 43.6. The molecule has 0 fully saturated rings. The minimum absolute atomic E-state index is 0.0951. The van der Waals surface area contributed by atoms with Crippen molar-refractivity contribution in [1.29, 1.82) is 0 Å². The Hall–Kier alpha value is -1.94. The molecule has 0 radical (unpaired) electrons. The van der Waals surface area contributed by atoms with Gasteiger partial charge in [0.25, 0.3) is 0 Å². The molecule has 67 heavy (non-hydrogen) atoms. The number of unbranched alkanes of at least 4 members (excludes halogenated alkanes) is 23. The molecule has 0 aliphatic heterocycles. The van der Waals surface area contributed by atoms with Crippen LogP contribution in [0.15, 0.2) is 0 Å². The van der Waals surface area contributed by atoms with Gasteiger partial charge in [0.2, 0.25) is 0 Å². The van der Waals surface area contributed by atoms with Gasteiger partial charge >= 0.3 is 39.5 Å². The summed E-state index contributed by atoms with van der Waals surface area (Å²) in [6, 6.07) is 0. The molecular weight excluding hydrogens is 910 g/mol. The first kappa shape index (κ1) is 65.1. The lowest BCUT2D eigenvalue weighted by molar-refractivity contribution is -0.161. The zero-order valence-electron chi connectivity index (χ0n) is 41.8. The van der Waals surface area contributed by atoms with Crippen LogP contribution in [0.1, 0.15) is 227 Å². The number of phosphoric ester groups is 2. The minimum atomic E-state index is -4.92. The van der Waals surface area contributed by atoms with Crippen molar-refractivity contribution >= 4 is 39.5 Å². The summed E-state index contributed by atoms with van der Waals surface area (Å²) in [4.78, 5) is 70.6. The molecule has 2 unspecified atom stereocenters. The molecule has 0 heterocycles. The van der Waals surface area contributed by atoms with Gasteiger partial charge in [0.15, 0.2) is 12.2 Å². The second-order valence-corrected chi connectivity index (χ2v) is 20.4. The first-order valence-corrected chi connectivity index (χ1v) is 28.8. The minimum Gasteiger partial charge on any atom is -0.462 e. The standard InChI is InChI=1S/C48H92O17P2/c1-5-9-13-17-18-19-20-21-22-23-24-27-31-35-48(53)65-44(39-59-46(51)33-30-26-15-11-7-3)41-63-67(56,57)61-37-42(49)36-60-66(54,55)62-40-43(64-47(52)34-28-16-12-8-4)38-58-45(50)32-29-25-14-10-6-2/h42-44,49H,5-41H2,1-4H3,(H,54,55)(H,56,57)/t42-,43+,44+/m0/s1. The smallest absolute Gasteiger partial charge is 0.462 e. The van der Waals surface area contributed by atoms with Gasteiger partial charge in [-0.15, -0.1) is 0 Å². The van der Waals surface area contributed by atoms with E-state index in [1.807, 2.05) is 6.92 Å². The molecule has 0 saturated carbocycles. The van der Waals surface area contributed by atoms with Crippen molar-refractivity contribution in [2.45, 2.75) is 245 Å². The summed E-state index contributed by atoms with van der Waals surface area (Å²) >= 11 is 0. The number of rotatable bonds is 49. The van der Waals surface area contributed by atoms with Crippen LogP contribution in [0.3, 0.4) is 0 Å². The Morgan fingerprint density at radius 1 is 0.358 bits per heavy atom. The molecule has 0 amide bonds.